The lowest BCUT2D eigenvalue weighted by Crippen LogP contribution is -2.56. The monoisotopic (exact) mass is 392 g/mol. The molecule has 3 N–H and O–H groups in total. The molecule has 7 nitrogen and oxygen atoms in total. The van der Waals surface area contributed by atoms with Gasteiger partial charge in [-0.25, -0.2) is 0 Å². The number of anilines is 1. The first kappa shape index (κ1) is 19.0. The Morgan fingerprint density at radius 3 is 2.38 bits per heavy atom. The number of hydrogen-bond donors (Lipinski definition) is 3. The molecule has 1 atom stereocenters. The standard InChI is InChI=1S/C22H24N4O3/c27-15-20(24-21(28)19-14-16-6-4-5-9-18(16)23-19)22(29)26-12-10-25(11-13-26)17-7-2-1-3-8-17/h1-9,14,20,23,27H,10-13,15H2,(H,24,28). The molecule has 1 fully saturated rings. The van der Waals surface area contributed by atoms with Crippen molar-refractivity contribution >= 4 is 28.4 Å². The fourth-order valence-corrected chi connectivity index (χ4v) is 3.66. The summed E-state index contributed by atoms with van der Waals surface area (Å²) in [4.78, 5) is 32.4. The number of para-hydroxylation sites is 2. The maximum Gasteiger partial charge on any atom is 0.268 e. The maximum atomic E-state index is 12.8. The third kappa shape index (κ3) is 4.09. The first-order chi connectivity index (χ1) is 14.2. The lowest BCUT2D eigenvalue weighted by atomic mass is 10.2. The normalized spacial score (nSPS) is 15.3. The number of aromatic amines is 1. The molecule has 2 heterocycles. The van der Waals surface area contributed by atoms with Gasteiger partial charge in [-0.1, -0.05) is 36.4 Å². The molecule has 0 radical (unpaired) electrons. The van der Waals surface area contributed by atoms with E-state index < -0.39 is 18.6 Å². The van der Waals surface area contributed by atoms with Gasteiger partial charge in [0.25, 0.3) is 5.91 Å². The van der Waals surface area contributed by atoms with Gasteiger partial charge in [0.1, 0.15) is 11.7 Å². The molecule has 2 aromatic carbocycles. The van der Waals surface area contributed by atoms with Crippen molar-refractivity contribution in [3.8, 4) is 0 Å². The molecule has 4 rings (SSSR count). The number of aromatic nitrogens is 1. The van der Waals surface area contributed by atoms with Crippen molar-refractivity contribution in [3.05, 3.63) is 66.4 Å². The number of carbonyl (C=O) groups is 2. The Hall–Kier alpha value is -3.32. The number of aliphatic hydroxyl groups excluding tert-OH is 1. The Labute approximate surface area is 168 Å². The summed E-state index contributed by atoms with van der Waals surface area (Å²) < 4.78 is 0. The molecule has 150 valence electrons. The smallest absolute Gasteiger partial charge is 0.268 e. The lowest BCUT2D eigenvalue weighted by molar-refractivity contribution is -0.134. The molecular formula is C22H24N4O3. The quantitative estimate of drug-likeness (QED) is 0.616. The number of nitrogens with one attached hydrogen (secondary N) is 2. The highest BCUT2D eigenvalue weighted by atomic mass is 16.3. The van der Waals surface area contributed by atoms with Gasteiger partial charge < -0.3 is 25.2 Å². The average Bonchev–Trinajstić information content (AvgIpc) is 3.22. The molecule has 0 spiro atoms. The maximum absolute atomic E-state index is 12.8. The van der Waals surface area contributed by atoms with Crippen LogP contribution in [-0.4, -0.2) is 65.6 Å². The Kier molecular flexibility index (Phi) is 5.48. The second-order valence-electron chi connectivity index (χ2n) is 7.13. The van der Waals surface area contributed by atoms with Crippen LogP contribution in [0.1, 0.15) is 10.5 Å². The van der Waals surface area contributed by atoms with Gasteiger partial charge in [0.15, 0.2) is 0 Å². The van der Waals surface area contributed by atoms with Crippen molar-refractivity contribution in [1.82, 2.24) is 15.2 Å². The number of nitrogens with zero attached hydrogens (tertiary/aromatic N) is 2. The molecule has 1 aliphatic heterocycles. The number of amides is 2. The van der Waals surface area contributed by atoms with Crippen molar-refractivity contribution in [1.29, 1.82) is 0 Å². The van der Waals surface area contributed by atoms with Crippen LogP contribution in [0.15, 0.2) is 60.7 Å². The van der Waals surface area contributed by atoms with Gasteiger partial charge in [0, 0.05) is 42.8 Å². The van der Waals surface area contributed by atoms with Gasteiger partial charge in [-0.05, 0) is 24.3 Å². The lowest BCUT2D eigenvalue weighted by Gasteiger charge is -2.37. The number of piperazine rings is 1. The first-order valence-electron chi connectivity index (χ1n) is 9.74. The summed E-state index contributed by atoms with van der Waals surface area (Å²) in [5.41, 5.74) is 2.35. The van der Waals surface area contributed by atoms with E-state index in [1.54, 1.807) is 11.0 Å². The van der Waals surface area contributed by atoms with Gasteiger partial charge in [-0.3, -0.25) is 9.59 Å². The highest BCUT2D eigenvalue weighted by molar-refractivity contribution is 6.00. The zero-order chi connectivity index (χ0) is 20.2. The van der Waals surface area contributed by atoms with E-state index in [1.807, 2.05) is 42.5 Å². The Bertz CT molecular complexity index is 960. The summed E-state index contributed by atoms with van der Waals surface area (Å²) in [5.74, 6) is -0.666. The largest absolute Gasteiger partial charge is 0.394 e. The van der Waals surface area contributed by atoms with Crippen LogP contribution in [0.3, 0.4) is 0 Å². The molecule has 29 heavy (non-hydrogen) atoms. The van der Waals surface area contributed by atoms with Gasteiger partial charge in [0.2, 0.25) is 5.91 Å². The van der Waals surface area contributed by atoms with E-state index in [1.165, 1.54) is 0 Å². The van der Waals surface area contributed by atoms with Gasteiger partial charge in [-0.2, -0.15) is 0 Å². The number of fused-ring (bicyclic) bond motifs is 1. The topological polar surface area (TPSA) is 88.7 Å². The van der Waals surface area contributed by atoms with Crippen molar-refractivity contribution in [2.75, 3.05) is 37.7 Å². The molecule has 7 heteroatoms. The summed E-state index contributed by atoms with van der Waals surface area (Å²) >= 11 is 0. The zero-order valence-corrected chi connectivity index (χ0v) is 16.0. The van der Waals surface area contributed by atoms with E-state index in [0.717, 1.165) is 16.6 Å². The van der Waals surface area contributed by atoms with Crippen LogP contribution in [-0.2, 0) is 4.79 Å². The highest BCUT2D eigenvalue weighted by Gasteiger charge is 2.28. The molecule has 1 unspecified atom stereocenters. The predicted octanol–water partition coefficient (Wildman–Crippen LogP) is 1.61. The van der Waals surface area contributed by atoms with E-state index >= 15 is 0 Å². The first-order valence-corrected chi connectivity index (χ1v) is 9.74. The number of H-pyrrole nitrogens is 1. The Balaban J connectivity index is 1.37. The molecule has 1 saturated heterocycles. The SMILES string of the molecule is O=C(NC(CO)C(=O)N1CCN(c2ccccc2)CC1)c1cc2ccccc2[nH]1. The number of hydrogen-bond acceptors (Lipinski definition) is 4. The molecule has 3 aromatic rings. The van der Waals surface area contributed by atoms with Crippen LogP contribution in [0.25, 0.3) is 10.9 Å². The van der Waals surface area contributed by atoms with E-state index in [0.29, 0.717) is 31.9 Å². The molecule has 0 saturated carbocycles. The third-order valence-electron chi connectivity index (χ3n) is 5.27. The summed E-state index contributed by atoms with van der Waals surface area (Å²) in [7, 11) is 0. The Morgan fingerprint density at radius 2 is 1.69 bits per heavy atom. The van der Waals surface area contributed by atoms with Gasteiger partial charge in [-0.15, -0.1) is 0 Å². The molecule has 1 aliphatic rings. The molecule has 1 aromatic heterocycles. The minimum atomic E-state index is -0.961. The minimum absolute atomic E-state index is 0.260. The molecular weight excluding hydrogens is 368 g/mol. The van der Waals surface area contributed by atoms with Crippen molar-refractivity contribution in [2.45, 2.75) is 6.04 Å². The van der Waals surface area contributed by atoms with Crippen molar-refractivity contribution in [2.24, 2.45) is 0 Å². The second kappa shape index (κ2) is 8.36. The van der Waals surface area contributed by atoms with Gasteiger partial charge in [0.05, 0.1) is 6.61 Å². The summed E-state index contributed by atoms with van der Waals surface area (Å²) in [6.07, 6.45) is 0. The summed E-state index contributed by atoms with van der Waals surface area (Å²) in [6.45, 7) is 2.08. The van der Waals surface area contributed by atoms with E-state index in [4.69, 9.17) is 0 Å². The van der Waals surface area contributed by atoms with E-state index in [-0.39, 0.29) is 5.91 Å². The zero-order valence-electron chi connectivity index (χ0n) is 16.0. The van der Waals surface area contributed by atoms with Crippen LogP contribution in [0.2, 0.25) is 0 Å². The fourth-order valence-electron chi connectivity index (χ4n) is 3.66. The summed E-state index contributed by atoms with van der Waals surface area (Å²) in [5, 5.41) is 13.3. The van der Waals surface area contributed by atoms with Gasteiger partial charge >= 0.3 is 0 Å². The highest BCUT2D eigenvalue weighted by Crippen LogP contribution is 2.17. The van der Waals surface area contributed by atoms with Crippen LogP contribution in [0.5, 0.6) is 0 Å². The summed E-state index contributed by atoms with van der Waals surface area (Å²) in [6, 6.07) is 18.4. The number of aliphatic hydroxyl groups is 1. The van der Waals surface area contributed by atoms with Crippen LogP contribution in [0, 0.1) is 0 Å². The van der Waals surface area contributed by atoms with Crippen LogP contribution in [0.4, 0.5) is 5.69 Å². The van der Waals surface area contributed by atoms with E-state index in [2.05, 4.69) is 27.3 Å². The Morgan fingerprint density at radius 1 is 1.00 bits per heavy atom. The number of rotatable bonds is 5. The van der Waals surface area contributed by atoms with Crippen LogP contribution < -0.4 is 10.2 Å². The molecule has 0 aliphatic carbocycles. The van der Waals surface area contributed by atoms with Crippen LogP contribution >= 0.6 is 0 Å². The minimum Gasteiger partial charge on any atom is -0.394 e. The second-order valence-corrected chi connectivity index (χ2v) is 7.13. The predicted molar refractivity (Wildman–Crippen MR) is 112 cm³/mol. The molecule has 2 amide bonds. The van der Waals surface area contributed by atoms with E-state index in [9.17, 15) is 14.7 Å². The number of carbonyl (C=O) groups excluding carboxylic acids is 2. The van der Waals surface area contributed by atoms with Crippen molar-refractivity contribution < 1.29 is 14.7 Å². The third-order valence-corrected chi connectivity index (χ3v) is 5.27. The average molecular weight is 392 g/mol. The van der Waals surface area contributed by atoms with Crippen molar-refractivity contribution in [3.63, 3.8) is 0 Å². The fraction of sp³-hybridized carbons (Fsp3) is 0.273. The molecule has 0 bridgehead atoms. The number of benzene rings is 2.